The SMILES string of the molecule is CN1C(=O)NC(C)(C2CCCN(CCCc3cnn(C)c3)C2)C1=O. The molecule has 132 valence electrons. The first-order valence-electron chi connectivity index (χ1n) is 8.70. The standard InChI is InChI=1S/C17H27N5O2/c1-17(15(23)21(3)16(24)19-17)14-7-5-9-22(12-14)8-4-6-13-10-18-20(2)11-13/h10-11,14H,4-9,12H2,1-3H3,(H,19,24). The Morgan fingerprint density at radius 3 is 2.79 bits per heavy atom. The third-order valence-corrected chi connectivity index (χ3v) is 5.44. The van der Waals surface area contributed by atoms with Crippen LogP contribution in [0.5, 0.6) is 0 Å². The molecule has 0 spiro atoms. The van der Waals surface area contributed by atoms with Crippen LogP contribution in [0.25, 0.3) is 0 Å². The molecule has 2 fully saturated rings. The predicted octanol–water partition coefficient (Wildman–Crippen LogP) is 1.00. The van der Waals surface area contributed by atoms with E-state index in [9.17, 15) is 9.59 Å². The summed E-state index contributed by atoms with van der Waals surface area (Å²) >= 11 is 0. The van der Waals surface area contributed by atoms with Crippen LogP contribution >= 0.6 is 0 Å². The predicted molar refractivity (Wildman–Crippen MR) is 90.4 cm³/mol. The first-order valence-corrected chi connectivity index (χ1v) is 8.70. The zero-order valence-electron chi connectivity index (χ0n) is 14.8. The molecular weight excluding hydrogens is 306 g/mol. The number of carbonyl (C=O) groups excluding carboxylic acids is 2. The van der Waals surface area contributed by atoms with Crippen LogP contribution in [-0.4, -0.2) is 63.7 Å². The van der Waals surface area contributed by atoms with Gasteiger partial charge in [-0.05, 0) is 51.3 Å². The summed E-state index contributed by atoms with van der Waals surface area (Å²) in [6, 6.07) is -0.281. The number of aryl methyl sites for hydroxylation is 2. The van der Waals surface area contributed by atoms with Crippen molar-refractivity contribution in [3.05, 3.63) is 18.0 Å². The average Bonchev–Trinajstić information content (AvgIpc) is 3.06. The lowest BCUT2D eigenvalue weighted by Gasteiger charge is -2.39. The van der Waals surface area contributed by atoms with Gasteiger partial charge in [-0.15, -0.1) is 0 Å². The maximum Gasteiger partial charge on any atom is 0.324 e. The minimum absolute atomic E-state index is 0.102. The van der Waals surface area contributed by atoms with E-state index in [-0.39, 0.29) is 17.9 Å². The van der Waals surface area contributed by atoms with Crippen LogP contribution in [0.3, 0.4) is 0 Å². The molecule has 0 saturated carbocycles. The summed E-state index contributed by atoms with van der Waals surface area (Å²) in [5.74, 6) is 0.0701. The molecule has 3 rings (SSSR count). The van der Waals surface area contributed by atoms with E-state index < -0.39 is 5.54 Å². The number of likely N-dealkylation sites (tertiary alicyclic amines) is 1. The lowest BCUT2D eigenvalue weighted by atomic mass is 9.80. The van der Waals surface area contributed by atoms with Crippen molar-refractivity contribution in [2.75, 3.05) is 26.7 Å². The van der Waals surface area contributed by atoms with Gasteiger partial charge in [0.2, 0.25) is 0 Å². The fourth-order valence-corrected chi connectivity index (χ4v) is 3.91. The molecule has 1 aromatic rings. The number of urea groups is 1. The highest BCUT2D eigenvalue weighted by Gasteiger charge is 2.51. The first-order chi connectivity index (χ1) is 11.4. The van der Waals surface area contributed by atoms with Gasteiger partial charge in [0.15, 0.2) is 0 Å². The maximum absolute atomic E-state index is 12.5. The van der Waals surface area contributed by atoms with Crippen molar-refractivity contribution in [2.24, 2.45) is 13.0 Å². The Balaban J connectivity index is 1.54. The minimum atomic E-state index is -0.756. The van der Waals surface area contributed by atoms with E-state index in [1.807, 2.05) is 24.9 Å². The molecule has 24 heavy (non-hydrogen) atoms. The highest BCUT2D eigenvalue weighted by atomic mass is 16.2. The van der Waals surface area contributed by atoms with Crippen molar-refractivity contribution < 1.29 is 9.59 Å². The topological polar surface area (TPSA) is 70.5 Å². The summed E-state index contributed by atoms with van der Waals surface area (Å²) in [7, 11) is 3.49. The summed E-state index contributed by atoms with van der Waals surface area (Å²) in [5.41, 5.74) is 0.506. The smallest absolute Gasteiger partial charge is 0.323 e. The van der Waals surface area contributed by atoms with Crippen molar-refractivity contribution >= 4 is 11.9 Å². The summed E-state index contributed by atoms with van der Waals surface area (Å²) in [6.07, 6.45) is 8.13. The third-order valence-electron chi connectivity index (χ3n) is 5.44. The minimum Gasteiger partial charge on any atom is -0.323 e. The second kappa shape index (κ2) is 6.55. The maximum atomic E-state index is 12.5. The molecule has 2 aliphatic rings. The van der Waals surface area contributed by atoms with Crippen LogP contribution in [0.2, 0.25) is 0 Å². The second-order valence-electron chi connectivity index (χ2n) is 7.26. The number of nitrogens with zero attached hydrogens (tertiary/aromatic N) is 4. The van der Waals surface area contributed by atoms with Crippen LogP contribution in [0.1, 0.15) is 31.7 Å². The van der Waals surface area contributed by atoms with E-state index in [2.05, 4.69) is 21.5 Å². The molecule has 0 aromatic carbocycles. The average molecular weight is 333 g/mol. The van der Waals surface area contributed by atoms with Crippen LogP contribution in [0.4, 0.5) is 4.79 Å². The Bertz CT molecular complexity index is 628. The molecule has 3 amide bonds. The van der Waals surface area contributed by atoms with Gasteiger partial charge >= 0.3 is 6.03 Å². The van der Waals surface area contributed by atoms with E-state index in [0.29, 0.717) is 0 Å². The number of imide groups is 1. The number of amides is 3. The molecule has 2 aliphatic heterocycles. The first kappa shape index (κ1) is 17.0. The molecule has 7 nitrogen and oxygen atoms in total. The lowest BCUT2D eigenvalue weighted by Crippen LogP contribution is -2.55. The summed E-state index contributed by atoms with van der Waals surface area (Å²) in [4.78, 5) is 27.9. The number of carbonyl (C=O) groups is 2. The van der Waals surface area contributed by atoms with E-state index in [1.54, 1.807) is 7.05 Å². The van der Waals surface area contributed by atoms with Gasteiger partial charge in [-0.25, -0.2) is 4.79 Å². The van der Waals surface area contributed by atoms with E-state index in [1.165, 1.54) is 10.5 Å². The molecule has 7 heteroatoms. The van der Waals surface area contributed by atoms with Gasteiger partial charge < -0.3 is 10.2 Å². The Morgan fingerprint density at radius 2 is 2.17 bits per heavy atom. The Hall–Kier alpha value is -1.89. The monoisotopic (exact) mass is 333 g/mol. The Kier molecular flexibility index (Phi) is 4.62. The number of likely N-dealkylation sites (N-methyl/N-ethyl adjacent to an activating group) is 1. The van der Waals surface area contributed by atoms with Gasteiger partial charge in [0, 0.05) is 32.8 Å². The molecule has 0 aliphatic carbocycles. The molecular formula is C17H27N5O2. The quantitative estimate of drug-likeness (QED) is 0.816. The molecule has 1 N–H and O–H groups in total. The highest BCUT2D eigenvalue weighted by molar-refractivity contribution is 6.06. The largest absolute Gasteiger partial charge is 0.324 e. The zero-order valence-corrected chi connectivity index (χ0v) is 14.8. The van der Waals surface area contributed by atoms with E-state index >= 15 is 0 Å². The van der Waals surface area contributed by atoms with Gasteiger partial charge in [-0.2, -0.15) is 5.10 Å². The van der Waals surface area contributed by atoms with Crippen LogP contribution < -0.4 is 5.32 Å². The summed E-state index contributed by atoms with van der Waals surface area (Å²) in [5, 5.41) is 7.10. The molecule has 2 atom stereocenters. The normalized spacial score (nSPS) is 28.5. The molecule has 2 unspecified atom stereocenters. The third kappa shape index (κ3) is 3.17. The van der Waals surface area contributed by atoms with Gasteiger partial charge in [-0.1, -0.05) is 0 Å². The molecule has 3 heterocycles. The summed E-state index contributed by atoms with van der Waals surface area (Å²) in [6.45, 7) is 4.82. The van der Waals surface area contributed by atoms with Crippen molar-refractivity contribution in [3.8, 4) is 0 Å². The number of hydrogen-bond donors (Lipinski definition) is 1. The van der Waals surface area contributed by atoms with Gasteiger partial charge in [-0.3, -0.25) is 14.4 Å². The Labute approximate surface area is 143 Å². The van der Waals surface area contributed by atoms with Gasteiger partial charge in [0.25, 0.3) is 5.91 Å². The second-order valence-corrected chi connectivity index (χ2v) is 7.26. The lowest BCUT2D eigenvalue weighted by molar-refractivity contribution is -0.132. The number of piperidine rings is 1. The van der Waals surface area contributed by atoms with E-state index in [4.69, 9.17) is 0 Å². The Morgan fingerprint density at radius 1 is 1.38 bits per heavy atom. The molecule has 0 radical (unpaired) electrons. The number of nitrogens with one attached hydrogen (secondary N) is 1. The molecule has 0 bridgehead atoms. The summed E-state index contributed by atoms with van der Waals surface area (Å²) < 4.78 is 1.83. The zero-order chi connectivity index (χ0) is 17.3. The molecule has 2 saturated heterocycles. The van der Waals surface area contributed by atoms with Crippen molar-refractivity contribution in [1.82, 2.24) is 24.9 Å². The van der Waals surface area contributed by atoms with Crippen molar-refractivity contribution in [2.45, 2.75) is 38.1 Å². The fourth-order valence-electron chi connectivity index (χ4n) is 3.91. The number of hydrogen-bond acceptors (Lipinski definition) is 4. The van der Waals surface area contributed by atoms with E-state index in [0.717, 1.165) is 45.3 Å². The van der Waals surface area contributed by atoms with Crippen molar-refractivity contribution in [1.29, 1.82) is 0 Å². The van der Waals surface area contributed by atoms with Gasteiger partial charge in [0.05, 0.1) is 6.20 Å². The fraction of sp³-hybridized carbons (Fsp3) is 0.706. The van der Waals surface area contributed by atoms with Crippen molar-refractivity contribution in [3.63, 3.8) is 0 Å². The van der Waals surface area contributed by atoms with Crippen LogP contribution in [0, 0.1) is 5.92 Å². The number of aromatic nitrogens is 2. The molecule has 1 aromatic heterocycles. The van der Waals surface area contributed by atoms with Gasteiger partial charge in [0.1, 0.15) is 5.54 Å². The highest BCUT2D eigenvalue weighted by Crippen LogP contribution is 2.32. The van der Waals surface area contributed by atoms with Crippen LogP contribution in [-0.2, 0) is 18.3 Å². The van der Waals surface area contributed by atoms with Crippen LogP contribution in [0.15, 0.2) is 12.4 Å². The number of rotatable bonds is 5.